The number of nitrogens with zero attached hydrogens (tertiary/aromatic N) is 3. The number of piperidine rings is 1. The van der Waals surface area contributed by atoms with Crippen molar-refractivity contribution >= 4 is 40.5 Å². The van der Waals surface area contributed by atoms with E-state index in [1.54, 1.807) is 4.90 Å². The molecule has 1 aliphatic rings. The smallest absolute Gasteiger partial charge is 0.294 e. The molecule has 1 heterocycles. The SMILES string of the molecule is Cc1ccc(N(CC(=O)Nc2ccc(Cl)cc2[N+](=O)[O-])CC(=O)N2CCCCC2)cc1. The van der Waals surface area contributed by atoms with E-state index in [9.17, 15) is 19.7 Å². The van der Waals surface area contributed by atoms with E-state index in [-0.39, 0.29) is 35.4 Å². The van der Waals surface area contributed by atoms with Gasteiger partial charge in [-0.3, -0.25) is 19.7 Å². The Morgan fingerprint density at radius 2 is 1.77 bits per heavy atom. The van der Waals surface area contributed by atoms with Crippen molar-refractivity contribution < 1.29 is 14.5 Å². The lowest BCUT2D eigenvalue weighted by atomic mass is 10.1. The lowest BCUT2D eigenvalue weighted by molar-refractivity contribution is -0.383. The van der Waals surface area contributed by atoms with Gasteiger partial charge >= 0.3 is 0 Å². The van der Waals surface area contributed by atoms with Crippen LogP contribution in [0.4, 0.5) is 17.1 Å². The molecule has 8 nitrogen and oxygen atoms in total. The molecular weight excluding hydrogens is 420 g/mol. The van der Waals surface area contributed by atoms with Crippen LogP contribution in [0.25, 0.3) is 0 Å². The lowest BCUT2D eigenvalue weighted by Gasteiger charge is -2.30. The molecule has 0 unspecified atom stereocenters. The average Bonchev–Trinajstić information content (AvgIpc) is 2.75. The van der Waals surface area contributed by atoms with E-state index in [0.29, 0.717) is 0 Å². The Balaban J connectivity index is 1.76. The van der Waals surface area contributed by atoms with Gasteiger partial charge in [0, 0.05) is 29.9 Å². The summed E-state index contributed by atoms with van der Waals surface area (Å²) in [5, 5.41) is 14.1. The Morgan fingerprint density at radius 3 is 2.42 bits per heavy atom. The maximum absolute atomic E-state index is 12.8. The van der Waals surface area contributed by atoms with Gasteiger partial charge in [-0.2, -0.15) is 0 Å². The Labute approximate surface area is 185 Å². The molecule has 1 saturated heterocycles. The number of amides is 2. The molecule has 0 aliphatic carbocycles. The van der Waals surface area contributed by atoms with Crippen LogP contribution in [0, 0.1) is 17.0 Å². The number of hydrogen-bond donors (Lipinski definition) is 1. The summed E-state index contributed by atoms with van der Waals surface area (Å²) in [7, 11) is 0. The van der Waals surface area contributed by atoms with Gasteiger partial charge in [0.1, 0.15) is 5.69 Å². The minimum absolute atomic E-state index is 0.0365. The number of nitro benzene ring substituents is 1. The van der Waals surface area contributed by atoms with Gasteiger partial charge in [0.15, 0.2) is 0 Å². The summed E-state index contributed by atoms with van der Waals surface area (Å²) >= 11 is 5.84. The minimum Gasteiger partial charge on any atom is -0.353 e. The van der Waals surface area contributed by atoms with E-state index in [2.05, 4.69) is 5.32 Å². The predicted octanol–water partition coefficient (Wildman–Crippen LogP) is 4.01. The molecule has 9 heteroatoms. The average molecular weight is 445 g/mol. The number of carbonyl (C=O) groups excluding carboxylic acids is 2. The zero-order chi connectivity index (χ0) is 22.4. The highest BCUT2D eigenvalue weighted by Crippen LogP contribution is 2.28. The predicted molar refractivity (Wildman–Crippen MR) is 121 cm³/mol. The van der Waals surface area contributed by atoms with Gasteiger partial charge in [0.25, 0.3) is 5.69 Å². The molecule has 3 rings (SSSR count). The first kappa shape index (κ1) is 22.6. The van der Waals surface area contributed by atoms with Crippen LogP contribution in [0.5, 0.6) is 0 Å². The third-order valence-corrected chi connectivity index (χ3v) is 5.43. The number of rotatable bonds is 7. The molecule has 1 fully saturated rings. The molecule has 2 amide bonds. The fourth-order valence-electron chi connectivity index (χ4n) is 3.53. The van der Waals surface area contributed by atoms with Crippen LogP contribution in [0.2, 0.25) is 5.02 Å². The van der Waals surface area contributed by atoms with E-state index in [4.69, 9.17) is 11.6 Å². The van der Waals surface area contributed by atoms with Gasteiger partial charge in [0.05, 0.1) is 18.0 Å². The largest absolute Gasteiger partial charge is 0.353 e. The summed E-state index contributed by atoms with van der Waals surface area (Å²) in [6, 6.07) is 11.6. The molecule has 1 aliphatic heterocycles. The van der Waals surface area contributed by atoms with Crippen LogP contribution in [0.15, 0.2) is 42.5 Å². The van der Waals surface area contributed by atoms with Gasteiger partial charge in [-0.15, -0.1) is 0 Å². The van der Waals surface area contributed by atoms with Crippen molar-refractivity contribution in [2.45, 2.75) is 26.2 Å². The van der Waals surface area contributed by atoms with Gasteiger partial charge < -0.3 is 15.1 Å². The number of carbonyl (C=O) groups is 2. The van der Waals surface area contributed by atoms with Crippen molar-refractivity contribution in [3.05, 3.63) is 63.2 Å². The molecule has 0 radical (unpaired) electrons. The van der Waals surface area contributed by atoms with E-state index >= 15 is 0 Å². The van der Waals surface area contributed by atoms with Crippen molar-refractivity contribution in [3.63, 3.8) is 0 Å². The summed E-state index contributed by atoms with van der Waals surface area (Å²) < 4.78 is 0. The molecule has 0 bridgehead atoms. The highest BCUT2D eigenvalue weighted by molar-refractivity contribution is 6.31. The zero-order valence-corrected chi connectivity index (χ0v) is 18.1. The van der Waals surface area contributed by atoms with E-state index in [1.165, 1.54) is 18.2 Å². The molecule has 0 aromatic heterocycles. The normalized spacial score (nSPS) is 13.5. The molecule has 0 spiro atoms. The number of aryl methyl sites for hydroxylation is 1. The Bertz CT molecular complexity index is 958. The van der Waals surface area contributed by atoms with Crippen LogP contribution in [-0.2, 0) is 9.59 Å². The summed E-state index contributed by atoms with van der Waals surface area (Å²) in [4.78, 5) is 39.8. The van der Waals surface area contributed by atoms with Gasteiger partial charge in [-0.1, -0.05) is 29.3 Å². The number of hydrogen-bond acceptors (Lipinski definition) is 5. The number of anilines is 2. The summed E-state index contributed by atoms with van der Waals surface area (Å²) in [5.74, 6) is -0.497. The third kappa shape index (κ3) is 6.18. The molecule has 1 N–H and O–H groups in total. The highest BCUT2D eigenvalue weighted by Gasteiger charge is 2.23. The second-order valence-electron chi connectivity index (χ2n) is 7.60. The van der Waals surface area contributed by atoms with Gasteiger partial charge in [-0.25, -0.2) is 0 Å². The second kappa shape index (κ2) is 10.3. The molecule has 0 saturated carbocycles. The van der Waals surface area contributed by atoms with Gasteiger partial charge in [-0.05, 0) is 50.5 Å². The Morgan fingerprint density at radius 1 is 1.10 bits per heavy atom. The van der Waals surface area contributed by atoms with Crippen LogP contribution in [0.1, 0.15) is 24.8 Å². The van der Waals surface area contributed by atoms with Crippen LogP contribution < -0.4 is 10.2 Å². The molecule has 31 heavy (non-hydrogen) atoms. The van der Waals surface area contributed by atoms with E-state index in [0.717, 1.165) is 43.6 Å². The number of nitrogens with one attached hydrogen (secondary N) is 1. The fourth-order valence-corrected chi connectivity index (χ4v) is 3.69. The molecular formula is C22H25ClN4O4. The molecule has 0 atom stereocenters. The van der Waals surface area contributed by atoms with Crippen LogP contribution in [0.3, 0.4) is 0 Å². The third-order valence-electron chi connectivity index (χ3n) is 5.20. The fraction of sp³-hybridized carbons (Fsp3) is 0.364. The highest BCUT2D eigenvalue weighted by atomic mass is 35.5. The number of likely N-dealkylation sites (tertiary alicyclic amines) is 1. The Hall–Kier alpha value is -3.13. The summed E-state index contributed by atoms with van der Waals surface area (Å²) in [5.41, 5.74) is 1.57. The first-order valence-corrected chi connectivity index (χ1v) is 10.5. The second-order valence-corrected chi connectivity index (χ2v) is 8.04. The summed E-state index contributed by atoms with van der Waals surface area (Å²) in [6.07, 6.45) is 3.09. The topological polar surface area (TPSA) is 95.8 Å². The zero-order valence-electron chi connectivity index (χ0n) is 17.3. The molecule has 164 valence electrons. The molecule has 2 aromatic carbocycles. The van der Waals surface area contributed by atoms with Crippen molar-refractivity contribution in [2.75, 3.05) is 36.4 Å². The lowest BCUT2D eigenvalue weighted by Crippen LogP contribution is -2.45. The summed E-state index contributed by atoms with van der Waals surface area (Å²) in [6.45, 7) is 3.34. The number of halogens is 1. The maximum Gasteiger partial charge on any atom is 0.294 e. The van der Waals surface area contributed by atoms with Crippen molar-refractivity contribution in [3.8, 4) is 0 Å². The van der Waals surface area contributed by atoms with Gasteiger partial charge in [0.2, 0.25) is 11.8 Å². The number of nitro groups is 1. The maximum atomic E-state index is 12.8. The first-order valence-electron chi connectivity index (χ1n) is 10.2. The monoisotopic (exact) mass is 444 g/mol. The molecule has 2 aromatic rings. The van der Waals surface area contributed by atoms with Crippen molar-refractivity contribution in [1.82, 2.24) is 4.90 Å². The quantitative estimate of drug-likeness (QED) is 0.514. The van der Waals surface area contributed by atoms with Crippen molar-refractivity contribution in [1.29, 1.82) is 0 Å². The van der Waals surface area contributed by atoms with Crippen molar-refractivity contribution in [2.24, 2.45) is 0 Å². The number of benzene rings is 2. The minimum atomic E-state index is -0.598. The van der Waals surface area contributed by atoms with Crippen LogP contribution in [-0.4, -0.2) is 47.8 Å². The van der Waals surface area contributed by atoms with Crippen LogP contribution >= 0.6 is 11.6 Å². The Kier molecular flexibility index (Phi) is 7.46. The standard InChI is InChI=1S/C22H25ClN4O4/c1-16-5-8-18(9-6-16)26(15-22(29)25-11-3-2-4-12-25)14-21(28)24-19-10-7-17(23)13-20(19)27(30)31/h5-10,13H,2-4,11-12,14-15H2,1H3,(H,24,28). The first-order chi connectivity index (χ1) is 14.8. The van der Waals surface area contributed by atoms with E-state index < -0.39 is 10.8 Å². The van der Waals surface area contributed by atoms with E-state index in [1.807, 2.05) is 36.1 Å².